The molecule has 2 aliphatic heterocycles. The van der Waals surface area contributed by atoms with Gasteiger partial charge in [-0.1, -0.05) is 0 Å². The standard InChI is InChI=1S/C17H25N3O2/c1-13(21)20-8-4-16(5-9-20)19-17-12-22-11-15(17)10-14-2-6-18-7-3-14/h2-3,6-7,15-17,19H,4-5,8-12H2,1H3/t15-,17-/m1/s1. The first-order valence-electron chi connectivity index (χ1n) is 8.20. The molecule has 0 radical (unpaired) electrons. The second-order valence-corrected chi connectivity index (χ2v) is 6.41. The first-order valence-corrected chi connectivity index (χ1v) is 8.20. The van der Waals surface area contributed by atoms with Crippen LogP contribution >= 0.6 is 0 Å². The second kappa shape index (κ2) is 7.20. The Morgan fingerprint density at radius 3 is 2.73 bits per heavy atom. The van der Waals surface area contributed by atoms with Crippen molar-refractivity contribution in [3.8, 4) is 0 Å². The van der Waals surface area contributed by atoms with Gasteiger partial charge in [0.05, 0.1) is 13.2 Å². The number of piperidine rings is 1. The number of amides is 1. The predicted octanol–water partition coefficient (Wildman–Crippen LogP) is 1.24. The smallest absolute Gasteiger partial charge is 0.219 e. The molecule has 2 atom stereocenters. The highest BCUT2D eigenvalue weighted by Crippen LogP contribution is 2.21. The summed E-state index contributed by atoms with van der Waals surface area (Å²) in [5, 5.41) is 3.77. The zero-order valence-corrected chi connectivity index (χ0v) is 13.2. The Bertz CT molecular complexity index is 486. The van der Waals surface area contributed by atoms with Gasteiger partial charge in [0.15, 0.2) is 0 Å². The first kappa shape index (κ1) is 15.4. The average molecular weight is 303 g/mol. The SMILES string of the molecule is CC(=O)N1CCC(N[C@@H]2COC[C@H]2Cc2ccncc2)CC1. The molecule has 3 heterocycles. The number of aromatic nitrogens is 1. The third kappa shape index (κ3) is 3.84. The fourth-order valence-electron chi connectivity index (χ4n) is 3.47. The fourth-order valence-corrected chi connectivity index (χ4v) is 3.47. The number of carbonyl (C=O) groups is 1. The van der Waals surface area contributed by atoms with Crippen LogP contribution in [0, 0.1) is 5.92 Å². The molecule has 0 unspecified atom stereocenters. The molecule has 0 aliphatic carbocycles. The van der Waals surface area contributed by atoms with Crippen molar-refractivity contribution in [3.05, 3.63) is 30.1 Å². The summed E-state index contributed by atoms with van der Waals surface area (Å²) in [6.07, 6.45) is 6.82. The Morgan fingerprint density at radius 2 is 2.05 bits per heavy atom. The summed E-state index contributed by atoms with van der Waals surface area (Å²) in [6.45, 7) is 5.02. The van der Waals surface area contributed by atoms with Gasteiger partial charge < -0.3 is 15.0 Å². The number of likely N-dealkylation sites (tertiary alicyclic amines) is 1. The predicted molar refractivity (Wildman–Crippen MR) is 84.4 cm³/mol. The molecule has 1 aromatic rings. The molecule has 1 amide bonds. The Kier molecular flexibility index (Phi) is 5.05. The quantitative estimate of drug-likeness (QED) is 0.909. The number of nitrogens with one attached hydrogen (secondary N) is 1. The molecular formula is C17H25N3O2. The number of nitrogens with zero attached hydrogens (tertiary/aromatic N) is 2. The van der Waals surface area contributed by atoms with Crippen LogP contribution in [0.1, 0.15) is 25.3 Å². The van der Waals surface area contributed by atoms with Crippen molar-refractivity contribution in [2.24, 2.45) is 5.92 Å². The van der Waals surface area contributed by atoms with Gasteiger partial charge in [-0.2, -0.15) is 0 Å². The zero-order chi connectivity index (χ0) is 15.4. The lowest BCUT2D eigenvalue weighted by molar-refractivity contribution is -0.129. The zero-order valence-electron chi connectivity index (χ0n) is 13.2. The normalized spacial score (nSPS) is 26.3. The minimum Gasteiger partial charge on any atom is -0.379 e. The van der Waals surface area contributed by atoms with Crippen molar-refractivity contribution in [1.82, 2.24) is 15.2 Å². The largest absolute Gasteiger partial charge is 0.379 e. The molecule has 22 heavy (non-hydrogen) atoms. The highest BCUT2D eigenvalue weighted by Gasteiger charge is 2.31. The molecule has 0 saturated carbocycles. The maximum atomic E-state index is 11.4. The van der Waals surface area contributed by atoms with Gasteiger partial charge >= 0.3 is 0 Å². The summed E-state index contributed by atoms with van der Waals surface area (Å²) >= 11 is 0. The molecule has 5 heteroatoms. The monoisotopic (exact) mass is 303 g/mol. The van der Waals surface area contributed by atoms with Crippen LogP contribution < -0.4 is 5.32 Å². The van der Waals surface area contributed by atoms with Gasteiger partial charge in [0, 0.05) is 50.4 Å². The molecule has 3 rings (SSSR count). The van der Waals surface area contributed by atoms with Crippen LogP contribution in [0.25, 0.3) is 0 Å². The van der Waals surface area contributed by atoms with E-state index in [1.165, 1.54) is 5.56 Å². The van der Waals surface area contributed by atoms with E-state index in [9.17, 15) is 4.79 Å². The number of rotatable bonds is 4. The third-order valence-electron chi connectivity index (χ3n) is 4.84. The summed E-state index contributed by atoms with van der Waals surface area (Å²) in [5.74, 6) is 0.714. The summed E-state index contributed by atoms with van der Waals surface area (Å²) < 4.78 is 5.70. The average Bonchev–Trinajstić information content (AvgIpc) is 2.96. The van der Waals surface area contributed by atoms with E-state index in [-0.39, 0.29) is 5.91 Å². The van der Waals surface area contributed by atoms with E-state index in [2.05, 4.69) is 22.4 Å². The number of ether oxygens (including phenoxy) is 1. The number of hydrogen-bond donors (Lipinski definition) is 1. The minimum atomic E-state index is 0.193. The molecule has 0 spiro atoms. The number of pyridine rings is 1. The van der Waals surface area contributed by atoms with Gasteiger partial charge in [-0.3, -0.25) is 9.78 Å². The van der Waals surface area contributed by atoms with E-state index in [0.29, 0.717) is 18.0 Å². The molecule has 2 saturated heterocycles. The van der Waals surface area contributed by atoms with Gasteiger partial charge in [-0.15, -0.1) is 0 Å². The molecule has 2 aliphatic rings. The van der Waals surface area contributed by atoms with Gasteiger partial charge in [0.2, 0.25) is 5.91 Å². The second-order valence-electron chi connectivity index (χ2n) is 6.41. The van der Waals surface area contributed by atoms with Crippen LogP contribution in [0.5, 0.6) is 0 Å². The molecule has 1 N–H and O–H groups in total. The Morgan fingerprint density at radius 1 is 1.32 bits per heavy atom. The maximum Gasteiger partial charge on any atom is 0.219 e. The van der Waals surface area contributed by atoms with Crippen molar-refractivity contribution in [1.29, 1.82) is 0 Å². The number of hydrogen-bond acceptors (Lipinski definition) is 4. The van der Waals surface area contributed by atoms with E-state index in [1.54, 1.807) is 6.92 Å². The van der Waals surface area contributed by atoms with Crippen molar-refractivity contribution >= 4 is 5.91 Å². The maximum absolute atomic E-state index is 11.4. The van der Waals surface area contributed by atoms with Crippen LogP contribution in [-0.2, 0) is 16.0 Å². The van der Waals surface area contributed by atoms with Gasteiger partial charge in [-0.05, 0) is 37.0 Å². The molecular weight excluding hydrogens is 278 g/mol. The molecule has 1 aromatic heterocycles. The lowest BCUT2D eigenvalue weighted by Gasteiger charge is -2.34. The van der Waals surface area contributed by atoms with E-state index in [4.69, 9.17) is 4.74 Å². The Hall–Kier alpha value is -1.46. The van der Waals surface area contributed by atoms with Crippen LogP contribution in [0.2, 0.25) is 0 Å². The van der Waals surface area contributed by atoms with Crippen molar-refractivity contribution in [2.45, 2.75) is 38.3 Å². The van der Waals surface area contributed by atoms with Crippen LogP contribution in [0.3, 0.4) is 0 Å². The third-order valence-corrected chi connectivity index (χ3v) is 4.84. The lowest BCUT2D eigenvalue weighted by Crippen LogP contribution is -2.49. The van der Waals surface area contributed by atoms with E-state index < -0.39 is 0 Å². The van der Waals surface area contributed by atoms with E-state index in [0.717, 1.165) is 45.6 Å². The lowest BCUT2D eigenvalue weighted by atomic mass is 9.93. The van der Waals surface area contributed by atoms with E-state index in [1.807, 2.05) is 17.3 Å². The van der Waals surface area contributed by atoms with Crippen molar-refractivity contribution < 1.29 is 9.53 Å². The summed E-state index contributed by atoms with van der Waals surface area (Å²) in [6, 6.07) is 5.09. The van der Waals surface area contributed by atoms with Crippen molar-refractivity contribution in [3.63, 3.8) is 0 Å². The first-order chi connectivity index (χ1) is 10.7. The Labute approximate surface area is 132 Å². The minimum absolute atomic E-state index is 0.193. The van der Waals surface area contributed by atoms with Crippen LogP contribution in [0.4, 0.5) is 0 Å². The molecule has 2 fully saturated rings. The molecule has 0 aromatic carbocycles. The fraction of sp³-hybridized carbons (Fsp3) is 0.647. The van der Waals surface area contributed by atoms with Crippen LogP contribution in [-0.4, -0.2) is 54.2 Å². The van der Waals surface area contributed by atoms with Crippen LogP contribution in [0.15, 0.2) is 24.5 Å². The van der Waals surface area contributed by atoms with Crippen molar-refractivity contribution in [2.75, 3.05) is 26.3 Å². The van der Waals surface area contributed by atoms with Gasteiger partial charge in [0.1, 0.15) is 0 Å². The topological polar surface area (TPSA) is 54.5 Å². The molecule has 5 nitrogen and oxygen atoms in total. The Balaban J connectivity index is 1.50. The number of carbonyl (C=O) groups excluding carboxylic acids is 1. The summed E-state index contributed by atoms with van der Waals surface area (Å²) in [5.41, 5.74) is 1.32. The van der Waals surface area contributed by atoms with Gasteiger partial charge in [0.25, 0.3) is 0 Å². The highest BCUT2D eigenvalue weighted by atomic mass is 16.5. The molecule has 0 bridgehead atoms. The van der Waals surface area contributed by atoms with Gasteiger partial charge in [-0.25, -0.2) is 0 Å². The summed E-state index contributed by atoms with van der Waals surface area (Å²) in [4.78, 5) is 17.4. The molecule has 120 valence electrons. The summed E-state index contributed by atoms with van der Waals surface area (Å²) in [7, 11) is 0. The van der Waals surface area contributed by atoms with E-state index >= 15 is 0 Å². The highest BCUT2D eigenvalue weighted by molar-refractivity contribution is 5.73.